The highest BCUT2D eigenvalue weighted by Crippen LogP contribution is 2.32. The van der Waals surface area contributed by atoms with Crippen molar-refractivity contribution in [2.24, 2.45) is 0 Å². The van der Waals surface area contributed by atoms with Gasteiger partial charge in [0.1, 0.15) is 11.9 Å². The Kier molecular flexibility index (Phi) is 8.81. The predicted octanol–water partition coefficient (Wildman–Crippen LogP) is 7.02. The molecule has 0 amide bonds. The van der Waals surface area contributed by atoms with Gasteiger partial charge in [-0.25, -0.2) is 0 Å². The second-order valence-corrected chi connectivity index (χ2v) is 11.3. The quantitative estimate of drug-likeness (QED) is 0.206. The summed E-state index contributed by atoms with van der Waals surface area (Å²) in [6.07, 6.45) is 3.24. The number of halogens is 1. The van der Waals surface area contributed by atoms with E-state index in [-0.39, 0.29) is 6.10 Å². The van der Waals surface area contributed by atoms with Crippen molar-refractivity contribution in [3.05, 3.63) is 83.4 Å². The smallest absolute Gasteiger partial charge is 0.138 e. The maximum absolute atomic E-state index is 6.62. The number of aryl methyl sites for hydroxylation is 1. The number of para-hydroxylation sites is 1. The van der Waals surface area contributed by atoms with Gasteiger partial charge in [0.2, 0.25) is 0 Å². The lowest BCUT2D eigenvalue weighted by atomic mass is 10.0. The van der Waals surface area contributed by atoms with E-state index in [9.17, 15) is 0 Å². The molecule has 1 aliphatic heterocycles. The van der Waals surface area contributed by atoms with Gasteiger partial charge in [-0.2, -0.15) is 0 Å². The molecular formula is C33H41ClN4O. The Hall–Kier alpha value is -2.99. The molecule has 5 nitrogen and oxygen atoms in total. The Labute approximate surface area is 238 Å². The fraction of sp³-hybridized carbons (Fsp3) is 0.394. The summed E-state index contributed by atoms with van der Waals surface area (Å²) in [7, 11) is 4.18. The molecule has 0 aliphatic carbocycles. The Morgan fingerprint density at radius 3 is 2.54 bits per heavy atom. The van der Waals surface area contributed by atoms with Crippen LogP contribution >= 0.6 is 11.6 Å². The fourth-order valence-electron chi connectivity index (χ4n) is 5.68. The van der Waals surface area contributed by atoms with E-state index >= 15 is 0 Å². The van der Waals surface area contributed by atoms with Crippen LogP contribution in [0.4, 0.5) is 0 Å². The maximum atomic E-state index is 6.62. The van der Waals surface area contributed by atoms with Gasteiger partial charge in [-0.15, -0.1) is 0 Å². The zero-order chi connectivity index (χ0) is 27.4. The third-order valence-corrected chi connectivity index (χ3v) is 8.08. The number of benzene rings is 3. The van der Waals surface area contributed by atoms with Crippen molar-refractivity contribution in [3.63, 3.8) is 0 Å². The molecule has 0 unspecified atom stereocenters. The Morgan fingerprint density at radius 2 is 1.79 bits per heavy atom. The van der Waals surface area contributed by atoms with Crippen LogP contribution in [0, 0.1) is 0 Å². The average molecular weight is 545 g/mol. The highest BCUT2D eigenvalue weighted by molar-refractivity contribution is 6.32. The van der Waals surface area contributed by atoms with Gasteiger partial charge in [-0.05, 0) is 94.4 Å². The lowest BCUT2D eigenvalue weighted by molar-refractivity contribution is 0.0969. The minimum absolute atomic E-state index is 0.182. The topological polar surface area (TPSA) is 32.7 Å². The maximum Gasteiger partial charge on any atom is 0.138 e. The number of ether oxygens (including phenoxy) is 1. The number of hydrogen-bond donors (Lipinski definition) is 1. The number of rotatable bonds is 11. The summed E-state index contributed by atoms with van der Waals surface area (Å²) >= 11 is 6.62. The van der Waals surface area contributed by atoms with Gasteiger partial charge >= 0.3 is 0 Å². The van der Waals surface area contributed by atoms with E-state index in [4.69, 9.17) is 16.3 Å². The van der Waals surface area contributed by atoms with Gasteiger partial charge in [0.15, 0.2) is 0 Å². The van der Waals surface area contributed by atoms with Crippen LogP contribution in [0.15, 0.2) is 67.2 Å². The molecule has 0 atom stereocenters. The minimum atomic E-state index is 0.182. The second-order valence-electron chi connectivity index (χ2n) is 10.9. The second kappa shape index (κ2) is 12.5. The van der Waals surface area contributed by atoms with Crippen molar-refractivity contribution in [2.75, 3.05) is 40.3 Å². The summed E-state index contributed by atoms with van der Waals surface area (Å²) in [5.41, 5.74) is 5.91. The Morgan fingerprint density at radius 1 is 1.03 bits per heavy atom. The van der Waals surface area contributed by atoms with Crippen LogP contribution in [0.25, 0.3) is 27.5 Å². The molecule has 39 heavy (non-hydrogen) atoms. The normalized spacial score (nSPS) is 14.9. The zero-order valence-electron chi connectivity index (χ0n) is 23.5. The predicted molar refractivity (Wildman–Crippen MR) is 166 cm³/mol. The van der Waals surface area contributed by atoms with E-state index in [0.717, 1.165) is 75.5 Å². The monoisotopic (exact) mass is 544 g/mol. The van der Waals surface area contributed by atoms with Crippen molar-refractivity contribution in [1.29, 1.82) is 0 Å². The first-order valence-corrected chi connectivity index (χ1v) is 14.6. The summed E-state index contributed by atoms with van der Waals surface area (Å²) in [5.74, 6) is 0.761. The van der Waals surface area contributed by atoms with Crippen molar-refractivity contribution < 1.29 is 4.74 Å². The molecule has 1 saturated heterocycles. The molecule has 1 fully saturated rings. The molecule has 1 aliphatic rings. The van der Waals surface area contributed by atoms with Gasteiger partial charge in [-0.1, -0.05) is 42.4 Å². The van der Waals surface area contributed by atoms with Gasteiger partial charge in [0.25, 0.3) is 0 Å². The number of hydrogen-bond acceptors (Lipinski definition) is 4. The molecule has 5 rings (SSSR count). The van der Waals surface area contributed by atoms with Crippen LogP contribution < -0.4 is 10.1 Å². The van der Waals surface area contributed by atoms with Crippen LogP contribution in [-0.2, 0) is 13.1 Å². The SMILES string of the molecule is C=C(NCCCN(C)C)c1ccc(OC2CCN(Cc3ccc4c(c3)c3ccccc3n4CC)CC2)c(Cl)c1. The zero-order valence-corrected chi connectivity index (χ0v) is 24.3. The van der Waals surface area contributed by atoms with Crippen molar-refractivity contribution in [2.45, 2.75) is 45.4 Å². The van der Waals surface area contributed by atoms with Crippen molar-refractivity contribution >= 4 is 39.1 Å². The van der Waals surface area contributed by atoms with Crippen LogP contribution in [0.3, 0.4) is 0 Å². The first-order valence-electron chi connectivity index (χ1n) is 14.2. The number of aromatic nitrogens is 1. The van der Waals surface area contributed by atoms with Crippen molar-refractivity contribution in [1.82, 2.24) is 19.7 Å². The number of likely N-dealkylation sites (tertiary alicyclic amines) is 1. The van der Waals surface area contributed by atoms with E-state index in [1.165, 1.54) is 27.4 Å². The van der Waals surface area contributed by atoms with Gasteiger partial charge in [-0.3, -0.25) is 4.90 Å². The Balaban J connectivity index is 1.15. The van der Waals surface area contributed by atoms with Crippen molar-refractivity contribution in [3.8, 4) is 5.75 Å². The lowest BCUT2D eigenvalue weighted by Gasteiger charge is -2.32. The van der Waals surface area contributed by atoms with Crippen LogP contribution in [-0.4, -0.2) is 60.7 Å². The minimum Gasteiger partial charge on any atom is -0.489 e. The first-order chi connectivity index (χ1) is 18.9. The lowest BCUT2D eigenvalue weighted by Crippen LogP contribution is -2.37. The van der Waals surface area contributed by atoms with Crippen LogP contribution in [0.5, 0.6) is 5.75 Å². The molecule has 4 aromatic rings. The molecule has 3 aromatic carbocycles. The summed E-state index contributed by atoms with van der Waals surface area (Å²) in [4.78, 5) is 4.72. The number of nitrogens with one attached hydrogen (secondary N) is 1. The van der Waals surface area contributed by atoms with Crippen LogP contribution in [0.1, 0.15) is 37.3 Å². The Bertz CT molecular complexity index is 1430. The van der Waals surface area contributed by atoms with E-state index in [0.29, 0.717) is 5.02 Å². The third kappa shape index (κ3) is 6.43. The van der Waals surface area contributed by atoms with E-state index in [1.807, 2.05) is 18.2 Å². The van der Waals surface area contributed by atoms with Gasteiger partial charge in [0, 0.05) is 60.2 Å². The molecular weight excluding hydrogens is 504 g/mol. The molecule has 0 bridgehead atoms. The summed E-state index contributed by atoms with van der Waals surface area (Å²) < 4.78 is 8.76. The number of nitrogens with zero attached hydrogens (tertiary/aromatic N) is 3. The highest BCUT2D eigenvalue weighted by Gasteiger charge is 2.22. The van der Waals surface area contributed by atoms with Crippen LogP contribution in [0.2, 0.25) is 5.02 Å². The molecule has 6 heteroatoms. The standard InChI is InChI=1S/C33H41ClN4O/c1-5-38-31-10-7-6-9-28(31)29-21-25(11-13-32(29)38)23-37-19-15-27(16-20-37)39-33-14-12-26(22-30(33)34)24(2)35-17-8-18-36(3)4/h6-7,9-14,21-22,27,35H,2,5,8,15-20,23H2,1,3-4H3. The number of fused-ring (bicyclic) bond motifs is 3. The molecule has 0 saturated carbocycles. The summed E-state index contributed by atoms with van der Waals surface area (Å²) in [6.45, 7) is 12.3. The molecule has 206 valence electrons. The van der Waals surface area contributed by atoms with E-state index in [2.05, 4.69) is 89.7 Å². The summed E-state index contributed by atoms with van der Waals surface area (Å²) in [5, 5.41) is 6.74. The van der Waals surface area contributed by atoms with Gasteiger partial charge in [0.05, 0.1) is 5.02 Å². The molecule has 2 heterocycles. The summed E-state index contributed by atoms with van der Waals surface area (Å²) in [6, 6.07) is 21.7. The van der Waals surface area contributed by atoms with E-state index in [1.54, 1.807) is 0 Å². The van der Waals surface area contributed by atoms with Gasteiger partial charge < -0.3 is 19.5 Å². The average Bonchev–Trinajstić information content (AvgIpc) is 3.26. The molecule has 0 spiro atoms. The largest absolute Gasteiger partial charge is 0.489 e. The first kappa shape index (κ1) is 27.6. The molecule has 1 aromatic heterocycles. The number of piperidine rings is 1. The third-order valence-electron chi connectivity index (χ3n) is 7.79. The highest BCUT2D eigenvalue weighted by atomic mass is 35.5. The molecule has 0 radical (unpaired) electrons. The fourth-order valence-corrected chi connectivity index (χ4v) is 5.91. The molecule has 1 N–H and O–H groups in total. The van der Waals surface area contributed by atoms with E-state index < -0.39 is 0 Å².